The molecular formula is C26H30F2N3O2PS. The van der Waals surface area contributed by atoms with Gasteiger partial charge in [0, 0.05) is 35.4 Å². The SMILES string of the molecule is CC.O=C(CCCCCNC(=O)/C(=C\c1ccc(F)c(P)c1)c1ccc(F)cc1)Nc1nccs1. The van der Waals surface area contributed by atoms with Crippen LogP contribution in [0.1, 0.15) is 50.7 Å². The van der Waals surface area contributed by atoms with Gasteiger partial charge in [0.2, 0.25) is 5.91 Å². The van der Waals surface area contributed by atoms with E-state index in [2.05, 4.69) is 24.9 Å². The monoisotopic (exact) mass is 517 g/mol. The summed E-state index contributed by atoms with van der Waals surface area (Å²) >= 11 is 1.37. The van der Waals surface area contributed by atoms with Gasteiger partial charge in [-0.15, -0.1) is 20.6 Å². The average molecular weight is 518 g/mol. The zero-order valence-electron chi connectivity index (χ0n) is 19.8. The second kappa shape index (κ2) is 15.1. The molecule has 186 valence electrons. The number of rotatable bonds is 10. The maximum atomic E-state index is 13.6. The minimum atomic E-state index is -0.397. The summed E-state index contributed by atoms with van der Waals surface area (Å²) in [5.41, 5.74) is 1.57. The van der Waals surface area contributed by atoms with Crippen LogP contribution in [0.4, 0.5) is 13.9 Å². The van der Waals surface area contributed by atoms with Gasteiger partial charge in [0.15, 0.2) is 5.13 Å². The van der Waals surface area contributed by atoms with Gasteiger partial charge in [-0.1, -0.05) is 38.5 Å². The summed E-state index contributed by atoms with van der Waals surface area (Å²) in [7, 11) is 2.32. The van der Waals surface area contributed by atoms with Crippen molar-refractivity contribution in [2.24, 2.45) is 0 Å². The third-order valence-corrected chi connectivity index (χ3v) is 5.91. The van der Waals surface area contributed by atoms with Crippen molar-refractivity contribution in [3.05, 3.63) is 76.8 Å². The molecule has 2 N–H and O–H groups in total. The Morgan fingerprint density at radius 3 is 2.46 bits per heavy atom. The lowest BCUT2D eigenvalue weighted by atomic mass is 10.0. The minimum absolute atomic E-state index is 0.0803. The van der Waals surface area contributed by atoms with Crippen LogP contribution in [0.3, 0.4) is 0 Å². The number of nitrogens with one attached hydrogen (secondary N) is 2. The molecule has 5 nitrogen and oxygen atoms in total. The number of carbonyl (C=O) groups is 2. The van der Waals surface area contributed by atoms with Gasteiger partial charge in [-0.3, -0.25) is 9.59 Å². The zero-order valence-corrected chi connectivity index (χ0v) is 21.8. The topological polar surface area (TPSA) is 71.1 Å². The third-order valence-electron chi connectivity index (χ3n) is 4.78. The second-order valence-electron chi connectivity index (χ2n) is 7.30. The molecule has 1 aromatic heterocycles. The van der Waals surface area contributed by atoms with Crippen molar-refractivity contribution in [3.63, 3.8) is 0 Å². The molecule has 2 aromatic carbocycles. The highest BCUT2D eigenvalue weighted by Gasteiger charge is 2.13. The van der Waals surface area contributed by atoms with Crippen molar-refractivity contribution in [1.82, 2.24) is 10.3 Å². The fraction of sp³-hybridized carbons (Fsp3) is 0.269. The van der Waals surface area contributed by atoms with Gasteiger partial charge in [-0.05, 0) is 54.3 Å². The Balaban J connectivity index is 0.00000210. The fourth-order valence-electron chi connectivity index (χ4n) is 3.08. The van der Waals surface area contributed by atoms with Gasteiger partial charge in [0.25, 0.3) is 5.91 Å². The molecule has 0 aliphatic rings. The van der Waals surface area contributed by atoms with E-state index in [-0.39, 0.29) is 17.6 Å². The van der Waals surface area contributed by atoms with Gasteiger partial charge in [-0.2, -0.15) is 0 Å². The Morgan fingerprint density at radius 1 is 1.06 bits per heavy atom. The Morgan fingerprint density at radius 2 is 1.80 bits per heavy atom. The number of hydrogen-bond acceptors (Lipinski definition) is 4. The molecule has 0 bridgehead atoms. The predicted molar refractivity (Wildman–Crippen MR) is 144 cm³/mol. The molecule has 1 unspecified atom stereocenters. The van der Waals surface area contributed by atoms with E-state index in [1.807, 2.05) is 13.8 Å². The lowest BCUT2D eigenvalue weighted by Crippen LogP contribution is -2.25. The molecule has 1 atom stereocenters. The molecular weight excluding hydrogens is 487 g/mol. The summed E-state index contributed by atoms with van der Waals surface area (Å²) in [5, 5.41) is 8.39. The standard InChI is InChI=1S/C24H24F2N3O2PS.C2H6/c25-18-8-6-17(7-9-18)19(14-16-5-10-20(26)21(32)15-16)23(31)27-11-3-1-2-4-22(30)29-24-28-12-13-33-24;1-2/h5-10,12-15H,1-4,11,32H2,(H,27,31)(H,28,29,30);1-2H3/b19-14-;. The lowest BCUT2D eigenvalue weighted by molar-refractivity contribution is -0.117. The van der Waals surface area contributed by atoms with E-state index in [0.717, 1.165) is 6.42 Å². The number of carbonyl (C=O) groups excluding carboxylic acids is 2. The first-order chi connectivity index (χ1) is 16.9. The van der Waals surface area contributed by atoms with E-state index in [9.17, 15) is 18.4 Å². The number of benzene rings is 2. The summed E-state index contributed by atoms with van der Waals surface area (Å²) in [4.78, 5) is 28.8. The number of amides is 2. The van der Waals surface area contributed by atoms with Crippen LogP contribution in [0.5, 0.6) is 0 Å². The van der Waals surface area contributed by atoms with Crippen molar-refractivity contribution in [2.75, 3.05) is 11.9 Å². The quantitative estimate of drug-likeness (QED) is 0.154. The highest BCUT2D eigenvalue weighted by atomic mass is 32.1. The molecule has 0 saturated heterocycles. The van der Waals surface area contributed by atoms with Crippen molar-refractivity contribution >= 4 is 54.5 Å². The second-order valence-corrected chi connectivity index (χ2v) is 8.81. The Hall–Kier alpha value is -2.96. The highest BCUT2D eigenvalue weighted by molar-refractivity contribution is 7.27. The number of halogens is 2. The summed E-state index contributed by atoms with van der Waals surface area (Å²) in [5.74, 6) is -1.14. The van der Waals surface area contributed by atoms with Crippen LogP contribution in [0.15, 0.2) is 54.0 Å². The van der Waals surface area contributed by atoms with E-state index in [1.54, 1.807) is 29.8 Å². The first kappa shape index (κ1) is 28.3. The van der Waals surface area contributed by atoms with Crippen molar-refractivity contribution < 1.29 is 18.4 Å². The van der Waals surface area contributed by atoms with Crippen LogP contribution in [-0.2, 0) is 9.59 Å². The van der Waals surface area contributed by atoms with Crippen molar-refractivity contribution in [3.8, 4) is 0 Å². The molecule has 3 aromatic rings. The van der Waals surface area contributed by atoms with E-state index < -0.39 is 5.82 Å². The predicted octanol–water partition coefficient (Wildman–Crippen LogP) is 5.80. The number of unbranched alkanes of at least 4 members (excludes halogenated alkanes) is 2. The third kappa shape index (κ3) is 9.67. The maximum Gasteiger partial charge on any atom is 0.251 e. The molecule has 0 aliphatic heterocycles. The summed E-state index contributed by atoms with van der Waals surface area (Å²) in [6.45, 7) is 4.43. The van der Waals surface area contributed by atoms with Crippen LogP contribution >= 0.6 is 20.6 Å². The fourth-order valence-corrected chi connectivity index (χ4v) is 3.91. The zero-order chi connectivity index (χ0) is 25.6. The number of thiazole rings is 1. The van der Waals surface area contributed by atoms with Crippen LogP contribution in [0.2, 0.25) is 0 Å². The Kier molecular flexibility index (Phi) is 12.2. The number of aromatic nitrogens is 1. The van der Waals surface area contributed by atoms with E-state index >= 15 is 0 Å². The average Bonchev–Trinajstić information content (AvgIpc) is 3.36. The first-order valence-electron chi connectivity index (χ1n) is 11.4. The Bertz CT molecular complexity index is 1120. The molecule has 2 amide bonds. The molecule has 35 heavy (non-hydrogen) atoms. The molecule has 9 heteroatoms. The highest BCUT2D eigenvalue weighted by Crippen LogP contribution is 2.20. The maximum absolute atomic E-state index is 13.6. The minimum Gasteiger partial charge on any atom is -0.352 e. The Labute approximate surface area is 211 Å². The number of nitrogens with zero attached hydrogens (tertiary/aromatic N) is 1. The first-order valence-corrected chi connectivity index (χ1v) is 12.9. The van der Waals surface area contributed by atoms with Crippen LogP contribution in [0.25, 0.3) is 11.6 Å². The van der Waals surface area contributed by atoms with Crippen molar-refractivity contribution in [1.29, 1.82) is 0 Å². The van der Waals surface area contributed by atoms with E-state index in [4.69, 9.17) is 0 Å². The molecule has 0 aliphatic carbocycles. The van der Waals surface area contributed by atoms with Crippen molar-refractivity contribution in [2.45, 2.75) is 39.5 Å². The van der Waals surface area contributed by atoms with Crippen LogP contribution in [-0.4, -0.2) is 23.3 Å². The van der Waals surface area contributed by atoms with E-state index in [0.29, 0.717) is 52.9 Å². The van der Waals surface area contributed by atoms with Gasteiger partial charge in [-0.25, -0.2) is 13.8 Å². The van der Waals surface area contributed by atoms with Gasteiger partial charge < -0.3 is 10.6 Å². The molecule has 0 radical (unpaired) electrons. The number of anilines is 1. The molecule has 3 rings (SSSR count). The number of hydrogen-bond donors (Lipinski definition) is 2. The molecule has 1 heterocycles. The molecule has 0 fully saturated rings. The molecule has 0 spiro atoms. The van der Waals surface area contributed by atoms with Crippen LogP contribution < -0.4 is 15.9 Å². The largest absolute Gasteiger partial charge is 0.352 e. The van der Waals surface area contributed by atoms with Gasteiger partial charge in [0.1, 0.15) is 11.6 Å². The summed E-state index contributed by atoms with van der Waals surface area (Å²) in [6, 6.07) is 10.2. The summed E-state index contributed by atoms with van der Waals surface area (Å²) in [6.07, 6.45) is 5.84. The molecule has 0 saturated carbocycles. The van der Waals surface area contributed by atoms with Gasteiger partial charge in [0.05, 0.1) is 0 Å². The summed E-state index contributed by atoms with van der Waals surface area (Å²) < 4.78 is 26.9. The van der Waals surface area contributed by atoms with Gasteiger partial charge >= 0.3 is 0 Å². The lowest BCUT2D eigenvalue weighted by Gasteiger charge is -2.10. The normalized spacial score (nSPS) is 10.8. The van der Waals surface area contributed by atoms with E-state index in [1.165, 1.54) is 41.7 Å². The van der Waals surface area contributed by atoms with Crippen LogP contribution in [0, 0.1) is 11.6 Å². The smallest absolute Gasteiger partial charge is 0.251 e.